The summed E-state index contributed by atoms with van der Waals surface area (Å²) >= 11 is 1.12. The van der Waals surface area contributed by atoms with E-state index >= 15 is 0 Å². The van der Waals surface area contributed by atoms with Crippen LogP contribution in [0.15, 0.2) is 35.6 Å². The molecule has 0 atom stereocenters. The molecule has 1 N–H and O–H groups in total. The average Bonchev–Trinajstić information content (AvgIpc) is 2.86. The van der Waals surface area contributed by atoms with E-state index in [9.17, 15) is 4.79 Å². The highest BCUT2D eigenvalue weighted by Crippen LogP contribution is 2.20. The number of rotatable bonds is 4. The average molecular weight is 301 g/mol. The molecule has 0 aliphatic carbocycles. The first-order chi connectivity index (χ1) is 10.1. The van der Waals surface area contributed by atoms with Crippen LogP contribution in [-0.4, -0.2) is 41.6 Å². The van der Waals surface area contributed by atoms with Crippen LogP contribution in [0.5, 0.6) is 0 Å². The third-order valence-corrected chi connectivity index (χ3v) is 3.73. The minimum absolute atomic E-state index is 0.0601. The summed E-state index contributed by atoms with van der Waals surface area (Å²) in [5.41, 5.74) is 2.13. The topological polar surface area (TPSA) is 93.8 Å². The van der Waals surface area contributed by atoms with Crippen molar-refractivity contribution in [1.29, 1.82) is 0 Å². The van der Waals surface area contributed by atoms with Gasteiger partial charge in [0.1, 0.15) is 5.69 Å². The fourth-order valence-corrected chi connectivity index (χ4v) is 2.43. The molecule has 0 aliphatic heterocycles. The number of aromatic nitrogens is 5. The van der Waals surface area contributed by atoms with Crippen molar-refractivity contribution in [1.82, 2.24) is 24.7 Å². The van der Waals surface area contributed by atoms with Crippen molar-refractivity contribution in [2.45, 2.75) is 5.16 Å². The van der Waals surface area contributed by atoms with Gasteiger partial charge >= 0.3 is 5.97 Å². The Hall–Kier alpha value is -2.48. The lowest BCUT2D eigenvalue weighted by Crippen LogP contribution is -2.00. The van der Waals surface area contributed by atoms with Crippen LogP contribution in [-0.2, 0) is 11.8 Å². The number of hydrogen-bond acceptors (Lipinski definition) is 6. The van der Waals surface area contributed by atoms with E-state index in [1.165, 1.54) is 0 Å². The van der Waals surface area contributed by atoms with Crippen molar-refractivity contribution in [3.05, 3.63) is 30.5 Å². The van der Waals surface area contributed by atoms with E-state index in [1.54, 1.807) is 17.9 Å². The van der Waals surface area contributed by atoms with Gasteiger partial charge in [-0.25, -0.2) is 9.67 Å². The number of carboxylic acid groups (broad SMARTS) is 1. The monoisotopic (exact) mass is 301 g/mol. The summed E-state index contributed by atoms with van der Waals surface area (Å²) in [6.07, 6.45) is 1.61. The zero-order chi connectivity index (χ0) is 14.8. The normalized spacial score (nSPS) is 10.9. The molecule has 0 aliphatic rings. The molecule has 7 nitrogen and oxygen atoms in total. The number of para-hydroxylation sites is 2. The van der Waals surface area contributed by atoms with Crippen LogP contribution in [0, 0.1) is 0 Å². The quantitative estimate of drug-likeness (QED) is 0.731. The molecule has 21 heavy (non-hydrogen) atoms. The molecule has 0 spiro atoms. The number of fused-ring (bicyclic) bond motifs is 1. The summed E-state index contributed by atoms with van der Waals surface area (Å²) in [4.78, 5) is 23.7. The summed E-state index contributed by atoms with van der Waals surface area (Å²) in [7, 11) is 1.72. The number of hydrogen-bond donors (Lipinski definition) is 1. The van der Waals surface area contributed by atoms with Crippen molar-refractivity contribution in [2.24, 2.45) is 7.05 Å². The van der Waals surface area contributed by atoms with E-state index in [2.05, 4.69) is 20.1 Å². The molecule has 3 aromatic rings. The number of carboxylic acids is 1. The Morgan fingerprint density at radius 3 is 2.81 bits per heavy atom. The van der Waals surface area contributed by atoms with Crippen molar-refractivity contribution >= 4 is 28.8 Å². The number of carbonyl (C=O) groups is 1. The predicted octanol–water partition coefficient (Wildman–Crippen LogP) is 1.60. The molecule has 0 fully saturated rings. The van der Waals surface area contributed by atoms with E-state index in [0.29, 0.717) is 16.7 Å². The Morgan fingerprint density at radius 1 is 1.29 bits per heavy atom. The largest absolute Gasteiger partial charge is 0.481 e. The molecule has 0 amide bonds. The van der Waals surface area contributed by atoms with Gasteiger partial charge in [-0.1, -0.05) is 23.9 Å². The first kappa shape index (κ1) is 13.5. The van der Waals surface area contributed by atoms with Gasteiger partial charge in [0.25, 0.3) is 0 Å². The van der Waals surface area contributed by atoms with Crippen molar-refractivity contribution in [3.8, 4) is 11.5 Å². The molecular formula is C13H11N5O2S. The Kier molecular flexibility index (Phi) is 3.53. The van der Waals surface area contributed by atoms with Crippen molar-refractivity contribution < 1.29 is 9.90 Å². The molecule has 0 radical (unpaired) electrons. The molecule has 2 aromatic heterocycles. The van der Waals surface area contributed by atoms with E-state index < -0.39 is 5.97 Å². The number of nitrogens with zero attached hydrogens (tertiary/aromatic N) is 5. The molecule has 3 rings (SSSR count). The summed E-state index contributed by atoms with van der Waals surface area (Å²) in [6.45, 7) is 0. The Balaban J connectivity index is 1.95. The van der Waals surface area contributed by atoms with Crippen LogP contribution in [0.3, 0.4) is 0 Å². The lowest BCUT2D eigenvalue weighted by molar-refractivity contribution is -0.133. The first-order valence-corrected chi connectivity index (χ1v) is 7.10. The minimum Gasteiger partial charge on any atom is -0.481 e. The zero-order valence-corrected chi connectivity index (χ0v) is 11.9. The third-order valence-electron chi connectivity index (χ3n) is 2.73. The van der Waals surface area contributed by atoms with Gasteiger partial charge < -0.3 is 5.11 Å². The fraction of sp³-hybridized carbons (Fsp3) is 0.154. The maximum absolute atomic E-state index is 10.6. The van der Waals surface area contributed by atoms with E-state index in [1.807, 2.05) is 24.3 Å². The van der Waals surface area contributed by atoms with Gasteiger partial charge in [0.15, 0.2) is 5.16 Å². The Morgan fingerprint density at radius 2 is 2.05 bits per heavy atom. The Labute approximate surface area is 124 Å². The van der Waals surface area contributed by atoms with Crippen LogP contribution < -0.4 is 0 Å². The molecular weight excluding hydrogens is 290 g/mol. The molecule has 8 heteroatoms. The molecule has 1 aromatic carbocycles. The van der Waals surface area contributed by atoms with E-state index in [4.69, 9.17) is 5.11 Å². The summed E-state index contributed by atoms with van der Waals surface area (Å²) in [6, 6.07) is 7.54. The summed E-state index contributed by atoms with van der Waals surface area (Å²) in [5, 5.41) is 13.5. The number of thioether (sulfide) groups is 1. The van der Waals surface area contributed by atoms with Crippen LogP contribution in [0.4, 0.5) is 0 Å². The lowest BCUT2D eigenvalue weighted by atomic mass is 10.3. The summed E-state index contributed by atoms with van der Waals surface area (Å²) in [5.74, 6) is -0.520. The van der Waals surface area contributed by atoms with Gasteiger partial charge in [-0.05, 0) is 12.1 Å². The number of aliphatic carboxylic acids is 1. The van der Waals surface area contributed by atoms with Gasteiger partial charge in [-0.3, -0.25) is 9.78 Å². The molecule has 0 unspecified atom stereocenters. The van der Waals surface area contributed by atoms with E-state index in [-0.39, 0.29) is 5.75 Å². The van der Waals surface area contributed by atoms with Crippen LogP contribution in [0.2, 0.25) is 0 Å². The summed E-state index contributed by atoms with van der Waals surface area (Å²) < 4.78 is 1.54. The lowest BCUT2D eigenvalue weighted by Gasteiger charge is -1.97. The Bertz CT molecular complexity index is 817. The SMILES string of the molecule is Cn1nc(-c2cnc3ccccc3n2)nc1SCC(=O)O. The van der Waals surface area contributed by atoms with E-state index in [0.717, 1.165) is 22.8 Å². The first-order valence-electron chi connectivity index (χ1n) is 6.11. The van der Waals surface area contributed by atoms with Crippen LogP contribution in [0.1, 0.15) is 0 Å². The smallest absolute Gasteiger partial charge is 0.313 e. The van der Waals surface area contributed by atoms with Crippen molar-refractivity contribution in [2.75, 3.05) is 5.75 Å². The van der Waals surface area contributed by atoms with Crippen LogP contribution in [0.25, 0.3) is 22.6 Å². The molecule has 0 saturated heterocycles. The standard InChI is InChI=1S/C13H11N5O2S/c1-18-13(21-7-11(19)20)16-12(17-18)10-6-14-8-4-2-3-5-9(8)15-10/h2-6H,7H2,1H3,(H,19,20). The van der Waals surface area contributed by atoms with Gasteiger partial charge in [-0.15, -0.1) is 5.10 Å². The maximum Gasteiger partial charge on any atom is 0.313 e. The molecule has 0 saturated carbocycles. The third kappa shape index (κ3) is 2.84. The number of benzene rings is 1. The molecule has 106 valence electrons. The maximum atomic E-state index is 10.6. The highest BCUT2D eigenvalue weighted by atomic mass is 32.2. The minimum atomic E-state index is -0.893. The van der Waals surface area contributed by atoms with Gasteiger partial charge in [-0.2, -0.15) is 4.98 Å². The van der Waals surface area contributed by atoms with Crippen LogP contribution >= 0.6 is 11.8 Å². The van der Waals surface area contributed by atoms with Crippen molar-refractivity contribution in [3.63, 3.8) is 0 Å². The second-order valence-electron chi connectivity index (χ2n) is 4.27. The van der Waals surface area contributed by atoms with Gasteiger partial charge in [0.05, 0.1) is 23.0 Å². The molecule has 2 heterocycles. The zero-order valence-electron chi connectivity index (χ0n) is 11.1. The highest BCUT2D eigenvalue weighted by Gasteiger charge is 2.13. The van der Waals surface area contributed by atoms with Gasteiger partial charge in [0.2, 0.25) is 5.82 Å². The predicted molar refractivity (Wildman–Crippen MR) is 77.9 cm³/mol. The fourth-order valence-electron chi connectivity index (χ4n) is 1.80. The second-order valence-corrected chi connectivity index (χ2v) is 5.21. The highest BCUT2D eigenvalue weighted by molar-refractivity contribution is 7.99. The van der Waals surface area contributed by atoms with Gasteiger partial charge in [0, 0.05) is 7.05 Å². The second kappa shape index (κ2) is 5.49. The molecule has 0 bridgehead atoms. The number of aryl methyl sites for hydroxylation is 1.